The highest BCUT2D eigenvalue weighted by Gasteiger charge is 2.22. The minimum absolute atomic E-state index is 0.0399. The number of ether oxygens (including phenoxy) is 1. The quantitative estimate of drug-likeness (QED) is 0.685. The molecule has 106 valence electrons. The Morgan fingerprint density at radius 2 is 2.00 bits per heavy atom. The van der Waals surface area contributed by atoms with Crippen LogP contribution in [0.3, 0.4) is 0 Å². The van der Waals surface area contributed by atoms with Crippen molar-refractivity contribution >= 4 is 0 Å². The van der Waals surface area contributed by atoms with Gasteiger partial charge in [-0.3, -0.25) is 0 Å². The predicted molar refractivity (Wildman–Crippen MR) is 75.6 cm³/mol. The van der Waals surface area contributed by atoms with Crippen molar-refractivity contribution in [3.05, 3.63) is 35.6 Å². The van der Waals surface area contributed by atoms with E-state index < -0.39 is 0 Å². The van der Waals surface area contributed by atoms with E-state index in [1.165, 1.54) is 37.8 Å². The van der Waals surface area contributed by atoms with Gasteiger partial charge in [-0.1, -0.05) is 31.9 Å². The fourth-order valence-electron chi connectivity index (χ4n) is 2.09. The van der Waals surface area contributed by atoms with E-state index in [0.717, 1.165) is 25.1 Å². The Labute approximate surface area is 115 Å². The maximum atomic E-state index is 13.0. The Balaban J connectivity index is 1.85. The fourth-order valence-corrected chi connectivity index (χ4v) is 2.09. The van der Waals surface area contributed by atoms with Gasteiger partial charge in [-0.15, -0.1) is 0 Å². The van der Waals surface area contributed by atoms with E-state index in [1.54, 1.807) is 0 Å². The standard InChI is InChI=1S/C16H24FNO/c1-2-3-4-11-19-16(12-18-15-9-10-15)13-5-7-14(17)8-6-13/h5-8,15-16,18H,2-4,9-12H2,1H3. The normalized spacial score (nSPS) is 16.5. The van der Waals surface area contributed by atoms with Crippen LogP contribution >= 0.6 is 0 Å². The van der Waals surface area contributed by atoms with Crippen LogP contribution in [-0.4, -0.2) is 19.2 Å². The average molecular weight is 265 g/mol. The number of hydrogen-bond donors (Lipinski definition) is 1. The number of halogens is 1. The van der Waals surface area contributed by atoms with E-state index in [9.17, 15) is 4.39 Å². The lowest BCUT2D eigenvalue weighted by Crippen LogP contribution is -2.25. The first kappa shape index (κ1) is 14.5. The highest BCUT2D eigenvalue weighted by atomic mass is 19.1. The maximum Gasteiger partial charge on any atom is 0.123 e. The molecule has 3 heteroatoms. The van der Waals surface area contributed by atoms with Crippen molar-refractivity contribution in [2.45, 2.75) is 51.2 Å². The number of unbranched alkanes of at least 4 members (excludes halogenated alkanes) is 2. The van der Waals surface area contributed by atoms with Crippen LogP contribution in [0.15, 0.2) is 24.3 Å². The van der Waals surface area contributed by atoms with Crippen molar-refractivity contribution in [3.8, 4) is 0 Å². The third kappa shape index (κ3) is 5.29. The summed E-state index contributed by atoms with van der Waals surface area (Å²) in [5, 5.41) is 3.49. The van der Waals surface area contributed by atoms with Crippen molar-refractivity contribution in [1.29, 1.82) is 0 Å². The molecule has 2 nitrogen and oxygen atoms in total. The first-order valence-electron chi connectivity index (χ1n) is 7.40. The van der Waals surface area contributed by atoms with Gasteiger partial charge in [0, 0.05) is 19.2 Å². The molecule has 0 bridgehead atoms. The highest BCUT2D eigenvalue weighted by molar-refractivity contribution is 5.19. The zero-order valence-corrected chi connectivity index (χ0v) is 11.7. The second kappa shape index (κ2) is 7.61. The number of hydrogen-bond acceptors (Lipinski definition) is 2. The lowest BCUT2D eigenvalue weighted by Gasteiger charge is -2.19. The molecule has 0 saturated heterocycles. The first-order chi connectivity index (χ1) is 9.29. The zero-order valence-electron chi connectivity index (χ0n) is 11.7. The molecule has 1 fully saturated rings. The smallest absolute Gasteiger partial charge is 0.123 e. The van der Waals surface area contributed by atoms with Crippen LogP contribution in [0.4, 0.5) is 4.39 Å². The molecule has 0 aliphatic heterocycles. The summed E-state index contributed by atoms with van der Waals surface area (Å²) in [4.78, 5) is 0. The van der Waals surface area contributed by atoms with E-state index in [2.05, 4.69) is 12.2 Å². The average Bonchev–Trinajstić information content (AvgIpc) is 3.23. The third-order valence-corrected chi connectivity index (χ3v) is 3.48. The van der Waals surface area contributed by atoms with Crippen molar-refractivity contribution in [3.63, 3.8) is 0 Å². The third-order valence-electron chi connectivity index (χ3n) is 3.48. The molecule has 0 radical (unpaired) electrons. The number of benzene rings is 1. The molecule has 1 unspecified atom stereocenters. The fraction of sp³-hybridized carbons (Fsp3) is 0.625. The summed E-state index contributed by atoms with van der Waals surface area (Å²) in [6, 6.07) is 7.34. The van der Waals surface area contributed by atoms with Crippen molar-refractivity contribution in [1.82, 2.24) is 5.32 Å². The second-order valence-corrected chi connectivity index (χ2v) is 5.30. The van der Waals surface area contributed by atoms with Gasteiger partial charge in [0.2, 0.25) is 0 Å². The summed E-state index contributed by atoms with van der Waals surface area (Å²) in [5.41, 5.74) is 1.06. The molecule has 19 heavy (non-hydrogen) atoms. The van der Waals surface area contributed by atoms with E-state index in [1.807, 2.05) is 12.1 Å². The van der Waals surface area contributed by atoms with Gasteiger partial charge in [0.1, 0.15) is 5.82 Å². The lowest BCUT2D eigenvalue weighted by molar-refractivity contribution is 0.0497. The number of rotatable bonds is 9. The first-order valence-corrected chi connectivity index (χ1v) is 7.40. The van der Waals surface area contributed by atoms with Gasteiger partial charge in [0.05, 0.1) is 6.10 Å². The van der Waals surface area contributed by atoms with Crippen molar-refractivity contribution in [2.24, 2.45) is 0 Å². The topological polar surface area (TPSA) is 21.3 Å². The SMILES string of the molecule is CCCCCOC(CNC1CC1)c1ccc(F)cc1. The molecule has 1 aromatic rings. The molecule has 1 aliphatic rings. The summed E-state index contributed by atoms with van der Waals surface area (Å²) in [6.45, 7) is 3.79. The Hall–Kier alpha value is -0.930. The van der Waals surface area contributed by atoms with E-state index in [0.29, 0.717) is 6.04 Å². The monoisotopic (exact) mass is 265 g/mol. The van der Waals surface area contributed by atoms with Crippen LogP contribution in [0.1, 0.15) is 50.7 Å². The molecular weight excluding hydrogens is 241 g/mol. The summed E-state index contributed by atoms with van der Waals surface area (Å²) >= 11 is 0. The van der Waals surface area contributed by atoms with Crippen LogP contribution in [-0.2, 0) is 4.74 Å². The van der Waals surface area contributed by atoms with Crippen LogP contribution in [0, 0.1) is 5.82 Å². The van der Waals surface area contributed by atoms with E-state index in [4.69, 9.17) is 4.74 Å². The van der Waals surface area contributed by atoms with Gasteiger partial charge < -0.3 is 10.1 Å². The van der Waals surface area contributed by atoms with Crippen molar-refractivity contribution in [2.75, 3.05) is 13.2 Å². The van der Waals surface area contributed by atoms with Crippen molar-refractivity contribution < 1.29 is 9.13 Å². The molecule has 1 aromatic carbocycles. The summed E-state index contributed by atoms with van der Waals surface area (Å²) < 4.78 is 18.9. The minimum Gasteiger partial charge on any atom is -0.372 e. The van der Waals surface area contributed by atoms with Crippen LogP contribution in [0.2, 0.25) is 0 Å². The molecule has 1 aliphatic carbocycles. The molecule has 0 spiro atoms. The van der Waals surface area contributed by atoms with Crippen LogP contribution in [0.5, 0.6) is 0 Å². The lowest BCUT2D eigenvalue weighted by atomic mass is 10.1. The Kier molecular flexibility index (Phi) is 5.80. The zero-order chi connectivity index (χ0) is 13.5. The summed E-state index contributed by atoms with van der Waals surface area (Å²) in [6.07, 6.45) is 6.07. The van der Waals surface area contributed by atoms with E-state index >= 15 is 0 Å². The Bertz CT molecular complexity index is 362. The predicted octanol–water partition coefficient (Wildman–Crippen LogP) is 3.83. The van der Waals surface area contributed by atoms with Crippen LogP contribution < -0.4 is 5.32 Å². The van der Waals surface area contributed by atoms with E-state index in [-0.39, 0.29) is 11.9 Å². The molecule has 1 N–H and O–H groups in total. The summed E-state index contributed by atoms with van der Waals surface area (Å²) in [5.74, 6) is -0.191. The molecule has 2 rings (SSSR count). The van der Waals surface area contributed by atoms with Gasteiger partial charge in [-0.05, 0) is 37.0 Å². The molecule has 1 atom stereocenters. The molecule has 0 heterocycles. The minimum atomic E-state index is -0.191. The highest BCUT2D eigenvalue weighted by Crippen LogP contribution is 2.22. The molecule has 0 aromatic heterocycles. The largest absolute Gasteiger partial charge is 0.372 e. The van der Waals surface area contributed by atoms with Gasteiger partial charge >= 0.3 is 0 Å². The Morgan fingerprint density at radius 1 is 1.26 bits per heavy atom. The number of nitrogens with one attached hydrogen (secondary N) is 1. The molecule has 0 amide bonds. The van der Waals surface area contributed by atoms with Gasteiger partial charge in [0.25, 0.3) is 0 Å². The van der Waals surface area contributed by atoms with Gasteiger partial charge in [0.15, 0.2) is 0 Å². The maximum absolute atomic E-state index is 13.0. The molecular formula is C16H24FNO. The summed E-state index contributed by atoms with van der Waals surface area (Å²) in [7, 11) is 0. The Morgan fingerprint density at radius 3 is 2.63 bits per heavy atom. The van der Waals surface area contributed by atoms with Gasteiger partial charge in [-0.2, -0.15) is 0 Å². The second-order valence-electron chi connectivity index (χ2n) is 5.30. The molecule has 1 saturated carbocycles. The van der Waals surface area contributed by atoms with Gasteiger partial charge in [-0.25, -0.2) is 4.39 Å². The van der Waals surface area contributed by atoms with Crippen LogP contribution in [0.25, 0.3) is 0 Å².